The zero-order chi connectivity index (χ0) is 12.4. The lowest BCUT2D eigenvalue weighted by Gasteiger charge is -2.02. The highest BCUT2D eigenvalue weighted by Gasteiger charge is 2.14. The first kappa shape index (κ1) is 12.2. The number of rotatable bonds is 2. The van der Waals surface area contributed by atoms with Crippen molar-refractivity contribution in [1.29, 1.82) is 0 Å². The van der Waals surface area contributed by atoms with Gasteiger partial charge in [-0.2, -0.15) is 0 Å². The molecule has 2 heterocycles. The van der Waals surface area contributed by atoms with Gasteiger partial charge in [0.25, 0.3) is 5.91 Å². The van der Waals surface area contributed by atoms with Gasteiger partial charge >= 0.3 is 0 Å². The molecule has 2 rings (SSSR count). The number of anilines is 1. The van der Waals surface area contributed by atoms with Crippen LogP contribution in [0.15, 0.2) is 6.07 Å². The number of carbonyl (C=O) groups excluding carboxylic acids is 1. The van der Waals surface area contributed by atoms with Crippen LogP contribution in [0.3, 0.4) is 0 Å². The van der Waals surface area contributed by atoms with Gasteiger partial charge in [0.2, 0.25) is 5.13 Å². The maximum Gasteiger partial charge on any atom is 0.260 e. The third kappa shape index (κ3) is 2.87. The summed E-state index contributed by atoms with van der Waals surface area (Å²) in [6.45, 7) is 1.78. The van der Waals surface area contributed by atoms with E-state index < -0.39 is 5.91 Å². The maximum absolute atomic E-state index is 11.8. The van der Waals surface area contributed by atoms with Crippen LogP contribution < -0.4 is 5.32 Å². The highest BCUT2D eigenvalue weighted by molar-refractivity contribution is 7.15. The minimum absolute atomic E-state index is 0.0202. The van der Waals surface area contributed by atoms with E-state index in [-0.39, 0.29) is 15.9 Å². The monoisotopic (exact) mass is 289 g/mol. The molecule has 0 fully saturated rings. The van der Waals surface area contributed by atoms with Gasteiger partial charge in [-0.1, -0.05) is 34.5 Å². The molecule has 88 valence electrons. The van der Waals surface area contributed by atoms with Gasteiger partial charge in [-0.15, -0.1) is 20.4 Å². The largest absolute Gasteiger partial charge is 0.296 e. The SMILES string of the molecule is Cc1nnc(NC(=O)c2cc(Cl)nnc2Cl)s1. The number of amides is 1. The first-order valence-corrected chi connectivity index (χ1v) is 5.93. The summed E-state index contributed by atoms with van der Waals surface area (Å²) in [5.41, 5.74) is 0.138. The van der Waals surface area contributed by atoms with E-state index >= 15 is 0 Å². The molecule has 6 nitrogen and oxygen atoms in total. The predicted octanol–water partition coefficient (Wildman–Crippen LogP) is 2.20. The first-order chi connectivity index (χ1) is 8.06. The normalized spacial score (nSPS) is 10.3. The molecule has 0 aliphatic carbocycles. The summed E-state index contributed by atoms with van der Waals surface area (Å²) in [6.07, 6.45) is 0. The summed E-state index contributed by atoms with van der Waals surface area (Å²) in [5.74, 6) is -0.456. The molecule has 17 heavy (non-hydrogen) atoms. The molecule has 0 aliphatic rings. The maximum atomic E-state index is 11.8. The fourth-order valence-electron chi connectivity index (χ4n) is 1.02. The smallest absolute Gasteiger partial charge is 0.260 e. The summed E-state index contributed by atoms with van der Waals surface area (Å²) < 4.78 is 0. The molecule has 0 bridgehead atoms. The number of hydrogen-bond donors (Lipinski definition) is 1. The Kier molecular flexibility index (Phi) is 3.51. The lowest BCUT2D eigenvalue weighted by Crippen LogP contribution is -2.13. The summed E-state index contributed by atoms with van der Waals surface area (Å²) in [4.78, 5) is 11.8. The third-order valence-electron chi connectivity index (χ3n) is 1.71. The van der Waals surface area contributed by atoms with Crippen molar-refractivity contribution in [3.05, 3.63) is 26.9 Å². The Balaban J connectivity index is 2.22. The fraction of sp³-hybridized carbons (Fsp3) is 0.125. The van der Waals surface area contributed by atoms with Crippen LogP contribution in [0.2, 0.25) is 10.3 Å². The zero-order valence-corrected chi connectivity index (χ0v) is 10.8. The number of aromatic nitrogens is 4. The summed E-state index contributed by atoms with van der Waals surface area (Å²) >= 11 is 12.6. The number of aryl methyl sites for hydroxylation is 1. The van der Waals surface area contributed by atoms with E-state index in [1.165, 1.54) is 17.4 Å². The molecule has 0 radical (unpaired) electrons. The van der Waals surface area contributed by atoms with Crippen molar-refractivity contribution in [2.24, 2.45) is 0 Å². The van der Waals surface area contributed by atoms with E-state index in [0.29, 0.717) is 5.13 Å². The summed E-state index contributed by atoms with van der Waals surface area (Å²) in [7, 11) is 0. The quantitative estimate of drug-likeness (QED) is 0.917. The van der Waals surface area contributed by atoms with E-state index in [2.05, 4.69) is 25.7 Å². The van der Waals surface area contributed by atoms with Crippen molar-refractivity contribution >= 4 is 45.6 Å². The number of hydrogen-bond acceptors (Lipinski definition) is 6. The van der Waals surface area contributed by atoms with Gasteiger partial charge in [0.15, 0.2) is 10.3 Å². The molecule has 2 aromatic rings. The lowest BCUT2D eigenvalue weighted by atomic mass is 10.3. The van der Waals surface area contributed by atoms with E-state index in [4.69, 9.17) is 23.2 Å². The Bertz CT molecular complexity index is 573. The molecule has 2 aromatic heterocycles. The van der Waals surface area contributed by atoms with Crippen LogP contribution in [0.25, 0.3) is 0 Å². The van der Waals surface area contributed by atoms with Crippen molar-refractivity contribution in [1.82, 2.24) is 20.4 Å². The van der Waals surface area contributed by atoms with Crippen molar-refractivity contribution in [3.8, 4) is 0 Å². The Labute approximate surface area is 110 Å². The Hall–Kier alpha value is -1.31. The third-order valence-corrected chi connectivity index (χ3v) is 2.93. The minimum Gasteiger partial charge on any atom is -0.296 e. The average molecular weight is 290 g/mol. The minimum atomic E-state index is -0.456. The van der Waals surface area contributed by atoms with Gasteiger partial charge in [-0.3, -0.25) is 10.1 Å². The Morgan fingerprint density at radius 1 is 1.29 bits per heavy atom. The molecule has 1 amide bonds. The molecule has 0 aromatic carbocycles. The van der Waals surface area contributed by atoms with Crippen LogP contribution in [0.5, 0.6) is 0 Å². The zero-order valence-electron chi connectivity index (χ0n) is 8.44. The highest BCUT2D eigenvalue weighted by atomic mass is 35.5. The van der Waals surface area contributed by atoms with E-state index in [9.17, 15) is 4.79 Å². The second kappa shape index (κ2) is 4.91. The topological polar surface area (TPSA) is 80.7 Å². The van der Waals surface area contributed by atoms with E-state index in [1.807, 2.05) is 0 Å². The van der Waals surface area contributed by atoms with Crippen LogP contribution in [0.4, 0.5) is 5.13 Å². The number of nitrogens with one attached hydrogen (secondary N) is 1. The standard InChI is InChI=1S/C8H5Cl2N5OS/c1-3-12-15-8(17-3)11-7(16)4-2-5(9)13-14-6(4)10/h2H,1H3,(H,11,15,16). The molecule has 0 aliphatic heterocycles. The van der Waals surface area contributed by atoms with Crippen LogP contribution in [0, 0.1) is 6.92 Å². The number of nitrogens with zero attached hydrogens (tertiary/aromatic N) is 4. The van der Waals surface area contributed by atoms with Crippen molar-refractivity contribution in [3.63, 3.8) is 0 Å². The average Bonchev–Trinajstić information content (AvgIpc) is 2.67. The van der Waals surface area contributed by atoms with Crippen LogP contribution >= 0.6 is 34.5 Å². The van der Waals surface area contributed by atoms with Crippen LogP contribution in [-0.2, 0) is 0 Å². The van der Waals surface area contributed by atoms with Crippen molar-refractivity contribution in [2.45, 2.75) is 6.92 Å². The van der Waals surface area contributed by atoms with Crippen molar-refractivity contribution in [2.75, 3.05) is 5.32 Å². The Morgan fingerprint density at radius 3 is 2.71 bits per heavy atom. The molecule has 0 atom stereocenters. The van der Waals surface area contributed by atoms with E-state index in [0.717, 1.165) is 5.01 Å². The molecule has 0 spiro atoms. The predicted molar refractivity (Wildman–Crippen MR) is 64.7 cm³/mol. The second-order valence-electron chi connectivity index (χ2n) is 2.95. The van der Waals surface area contributed by atoms with Gasteiger partial charge in [-0.05, 0) is 13.0 Å². The van der Waals surface area contributed by atoms with Crippen LogP contribution in [-0.4, -0.2) is 26.3 Å². The highest BCUT2D eigenvalue weighted by Crippen LogP contribution is 2.19. The number of halogens is 2. The fourth-order valence-corrected chi connectivity index (χ4v) is 1.94. The van der Waals surface area contributed by atoms with Gasteiger partial charge in [-0.25, -0.2) is 0 Å². The molecule has 1 N–H and O–H groups in total. The molecule has 0 unspecified atom stereocenters. The van der Waals surface area contributed by atoms with Gasteiger partial charge in [0.05, 0.1) is 5.56 Å². The molecular weight excluding hydrogens is 285 g/mol. The Morgan fingerprint density at radius 2 is 2.06 bits per heavy atom. The first-order valence-electron chi connectivity index (χ1n) is 4.36. The molecule has 0 saturated carbocycles. The molecular formula is C8H5Cl2N5OS. The number of carbonyl (C=O) groups is 1. The van der Waals surface area contributed by atoms with Crippen molar-refractivity contribution < 1.29 is 4.79 Å². The lowest BCUT2D eigenvalue weighted by molar-refractivity contribution is 0.102. The summed E-state index contributed by atoms with van der Waals surface area (Å²) in [5, 5.41) is 18.3. The summed E-state index contributed by atoms with van der Waals surface area (Å²) in [6, 6.07) is 1.33. The van der Waals surface area contributed by atoms with Gasteiger partial charge in [0, 0.05) is 0 Å². The van der Waals surface area contributed by atoms with Crippen LogP contribution in [0.1, 0.15) is 15.4 Å². The second-order valence-corrected chi connectivity index (χ2v) is 4.88. The van der Waals surface area contributed by atoms with E-state index in [1.54, 1.807) is 6.92 Å². The van der Waals surface area contributed by atoms with Gasteiger partial charge < -0.3 is 0 Å². The molecule has 0 saturated heterocycles. The molecule has 9 heteroatoms. The van der Waals surface area contributed by atoms with Gasteiger partial charge in [0.1, 0.15) is 5.01 Å².